The Labute approximate surface area is 98.1 Å². The van der Waals surface area contributed by atoms with Crippen LogP contribution in [-0.2, 0) is 9.84 Å². The lowest BCUT2D eigenvalue weighted by Gasteiger charge is -2.24. The zero-order chi connectivity index (χ0) is 11.8. The van der Waals surface area contributed by atoms with Gasteiger partial charge in [-0.25, -0.2) is 8.42 Å². The summed E-state index contributed by atoms with van der Waals surface area (Å²) < 4.78 is 22.7. The van der Waals surface area contributed by atoms with Gasteiger partial charge in [0.15, 0.2) is 9.84 Å². The zero-order valence-electron chi connectivity index (χ0n) is 9.93. The summed E-state index contributed by atoms with van der Waals surface area (Å²) in [7, 11) is -0.737. The summed E-state index contributed by atoms with van der Waals surface area (Å²) in [5, 5.41) is 0. The molecule has 0 aromatic rings. The van der Waals surface area contributed by atoms with Gasteiger partial charge < -0.3 is 10.6 Å². The van der Waals surface area contributed by atoms with Gasteiger partial charge in [-0.2, -0.15) is 0 Å². The van der Waals surface area contributed by atoms with Gasteiger partial charge in [0.25, 0.3) is 0 Å². The van der Waals surface area contributed by atoms with E-state index < -0.39 is 9.84 Å². The molecule has 16 heavy (non-hydrogen) atoms. The molecule has 5 heteroatoms. The summed E-state index contributed by atoms with van der Waals surface area (Å²) >= 11 is 0. The van der Waals surface area contributed by atoms with Crippen LogP contribution in [0, 0.1) is 5.92 Å². The van der Waals surface area contributed by atoms with Crippen LogP contribution in [0.15, 0.2) is 0 Å². The highest BCUT2D eigenvalue weighted by Gasteiger charge is 2.32. The zero-order valence-corrected chi connectivity index (χ0v) is 10.7. The molecule has 0 aromatic heterocycles. The number of rotatable bonds is 5. The summed E-state index contributed by atoms with van der Waals surface area (Å²) in [6, 6.07) is 0.539. The molecule has 0 bridgehead atoms. The van der Waals surface area contributed by atoms with Crippen LogP contribution < -0.4 is 5.73 Å². The Kier molecular flexibility index (Phi) is 3.56. The Balaban J connectivity index is 1.73. The van der Waals surface area contributed by atoms with Gasteiger partial charge in [-0.05, 0) is 45.2 Å². The lowest BCUT2D eigenvalue weighted by atomic mass is 10.1. The molecule has 2 fully saturated rings. The molecule has 2 unspecified atom stereocenters. The summed E-state index contributed by atoms with van der Waals surface area (Å²) in [5.74, 6) is 1.43. The number of hydrogen-bond acceptors (Lipinski definition) is 4. The minimum absolute atomic E-state index is 0.219. The highest BCUT2D eigenvalue weighted by Crippen LogP contribution is 2.32. The fourth-order valence-electron chi connectivity index (χ4n) is 2.42. The normalized spacial score (nSPS) is 30.8. The molecule has 2 atom stereocenters. The van der Waals surface area contributed by atoms with Crippen molar-refractivity contribution in [1.82, 2.24) is 4.90 Å². The van der Waals surface area contributed by atoms with Crippen LogP contribution in [0.25, 0.3) is 0 Å². The van der Waals surface area contributed by atoms with Crippen LogP contribution in [-0.4, -0.2) is 50.5 Å². The van der Waals surface area contributed by atoms with Gasteiger partial charge in [0.1, 0.15) is 0 Å². The van der Waals surface area contributed by atoms with Crippen molar-refractivity contribution in [2.75, 3.05) is 25.1 Å². The van der Waals surface area contributed by atoms with Gasteiger partial charge in [0.2, 0.25) is 0 Å². The van der Waals surface area contributed by atoms with Gasteiger partial charge in [0.05, 0.1) is 11.5 Å². The number of hydrogen-bond donors (Lipinski definition) is 1. The molecule has 0 amide bonds. The molecule has 1 saturated heterocycles. The smallest absolute Gasteiger partial charge is 0.151 e. The Bertz CT molecular complexity index is 338. The third-order valence-electron chi connectivity index (χ3n) is 3.87. The molecule has 0 spiro atoms. The van der Waals surface area contributed by atoms with E-state index in [2.05, 4.69) is 4.90 Å². The van der Waals surface area contributed by atoms with Crippen LogP contribution in [0.5, 0.6) is 0 Å². The minimum Gasteiger partial charge on any atom is -0.327 e. The van der Waals surface area contributed by atoms with Crippen LogP contribution in [0.1, 0.15) is 25.7 Å². The van der Waals surface area contributed by atoms with Gasteiger partial charge in [-0.15, -0.1) is 0 Å². The minimum atomic E-state index is -2.76. The average molecular weight is 246 g/mol. The first kappa shape index (κ1) is 12.3. The monoisotopic (exact) mass is 246 g/mol. The fourth-order valence-corrected chi connectivity index (χ4v) is 4.22. The molecular formula is C11H22N2O2S. The number of nitrogens with zero attached hydrogens (tertiary/aromatic N) is 1. The first-order chi connectivity index (χ1) is 7.48. The largest absolute Gasteiger partial charge is 0.327 e. The number of sulfone groups is 1. The van der Waals surface area contributed by atoms with E-state index in [1.165, 1.54) is 12.8 Å². The topological polar surface area (TPSA) is 63.4 Å². The van der Waals surface area contributed by atoms with Crippen molar-refractivity contribution in [1.29, 1.82) is 0 Å². The van der Waals surface area contributed by atoms with Crippen molar-refractivity contribution in [3.8, 4) is 0 Å². The first-order valence-corrected chi connectivity index (χ1v) is 7.96. The lowest BCUT2D eigenvalue weighted by molar-refractivity contribution is 0.249. The van der Waals surface area contributed by atoms with Gasteiger partial charge >= 0.3 is 0 Å². The molecule has 2 rings (SSSR count). The second-order valence-electron chi connectivity index (χ2n) is 5.33. The maximum atomic E-state index is 11.4. The van der Waals surface area contributed by atoms with Crippen LogP contribution >= 0.6 is 0 Å². The maximum Gasteiger partial charge on any atom is 0.151 e. The quantitative estimate of drug-likeness (QED) is 0.754. The van der Waals surface area contributed by atoms with Crippen LogP contribution in [0.4, 0.5) is 0 Å². The Morgan fingerprint density at radius 2 is 2.06 bits per heavy atom. The van der Waals surface area contributed by atoms with Crippen molar-refractivity contribution >= 4 is 9.84 Å². The molecule has 94 valence electrons. The van der Waals surface area contributed by atoms with E-state index in [1.807, 2.05) is 7.05 Å². The molecule has 1 heterocycles. The first-order valence-electron chi connectivity index (χ1n) is 6.14. The third kappa shape index (κ3) is 3.18. The van der Waals surface area contributed by atoms with Crippen LogP contribution in [0.3, 0.4) is 0 Å². The van der Waals surface area contributed by atoms with Crippen molar-refractivity contribution in [3.05, 3.63) is 0 Å². The molecule has 1 aliphatic heterocycles. The molecule has 4 nitrogen and oxygen atoms in total. The van der Waals surface area contributed by atoms with E-state index in [9.17, 15) is 8.42 Å². The van der Waals surface area contributed by atoms with Gasteiger partial charge in [-0.1, -0.05) is 0 Å². The second-order valence-corrected chi connectivity index (χ2v) is 7.56. The Hall–Kier alpha value is -0.130. The molecule has 1 aliphatic carbocycles. The summed E-state index contributed by atoms with van der Waals surface area (Å²) in [6.45, 7) is 0.928. The van der Waals surface area contributed by atoms with E-state index in [0.29, 0.717) is 17.5 Å². The summed E-state index contributed by atoms with van der Waals surface area (Å²) in [5.41, 5.74) is 6.03. The average Bonchev–Trinajstić information content (AvgIpc) is 2.99. The summed E-state index contributed by atoms with van der Waals surface area (Å²) in [6.07, 6.45) is 4.35. The molecule has 2 N–H and O–H groups in total. The highest BCUT2D eigenvalue weighted by molar-refractivity contribution is 7.91. The van der Waals surface area contributed by atoms with Crippen LogP contribution in [0.2, 0.25) is 0 Å². The van der Waals surface area contributed by atoms with Gasteiger partial charge in [0, 0.05) is 12.1 Å². The van der Waals surface area contributed by atoms with Crippen molar-refractivity contribution < 1.29 is 8.42 Å². The molecule has 0 radical (unpaired) electrons. The lowest BCUT2D eigenvalue weighted by Crippen LogP contribution is -2.36. The molecule has 2 aliphatic rings. The predicted octanol–water partition coefficient (Wildman–Crippen LogP) is 0.233. The predicted molar refractivity (Wildman–Crippen MR) is 65.0 cm³/mol. The fraction of sp³-hybridized carbons (Fsp3) is 1.00. The van der Waals surface area contributed by atoms with E-state index >= 15 is 0 Å². The van der Waals surface area contributed by atoms with E-state index in [0.717, 1.165) is 25.3 Å². The second kappa shape index (κ2) is 4.63. The molecule has 1 saturated carbocycles. The van der Waals surface area contributed by atoms with E-state index in [4.69, 9.17) is 5.73 Å². The van der Waals surface area contributed by atoms with Crippen molar-refractivity contribution in [3.63, 3.8) is 0 Å². The van der Waals surface area contributed by atoms with Crippen molar-refractivity contribution in [2.45, 2.75) is 37.8 Å². The SMILES string of the molecule is CN(CCC(N)C1CC1)C1CCS(=O)(=O)C1. The van der Waals surface area contributed by atoms with E-state index in [-0.39, 0.29) is 6.04 Å². The highest BCUT2D eigenvalue weighted by atomic mass is 32.2. The third-order valence-corrected chi connectivity index (χ3v) is 5.62. The summed E-state index contributed by atoms with van der Waals surface area (Å²) in [4.78, 5) is 2.17. The molecule has 0 aromatic carbocycles. The van der Waals surface area contributed by atoms with Gasteiger partial charge in [-0.3, -0.25) is 0 Å². The Morgan fingerprint density at radius 1 is 1.38 bits per heavy atom. The maximum absolute atomic E-state index is 11.4. The Morgan fingerprint density at radius 3 is 2.56 bits per heavy atom. The standard InChI is InChI=1S/C11H22N2O2S/c1-13(6-4-11(12)9-2-3-9)10-5-7-16(14,15)8-10/h9-11H,2-8,12H2,1H3. The number of nitrogens with two attached hydrogens (primary N) is 1. The van der Waals surface area contributed by atoms with Crippen molar-refractivity contribution in [2.24, 2.45) is 11.7 Å². The molecular weight excluding hydrogens is 224 g/mol. The van der Waals surface area contributed by atoms with E-state index in [1.54, 1.807) is 0 Å².